The zero-order chi connectivity index (χ0) is 23.0. The lowest BCUT2D eigenvalue weighted by molar-refractivity contribution is 0.0917. The molecule has 0 unspecified atom stereocenters. The van der Waals surface area contributed by atoms with Gasteiger partial charge < -0.3 is 16.0 Å². The van der Waals surface area contributed by atoms with E-state index >= 15 is 0 Å². The molecule has 4 rings (SSSR count). The topological polar surface area (TPSA) is 96.0 Å². The second kappa shape index (κ2) is 7.99. The molecule has 3 N–H and O–H groups in total. The van der Waals surface area contributed by atoms with E-state index in [9.17, 15) is 18.4 Å². The van der Waals surface area contributed by atoms with E-state index in [1.54, 1.807) is 12.1 Å². The van der Waals surface area contributed by atoms with Gasteiger partial charge in [0.15, 0.2) is 0 Å². The van der Waals surface area contributed by atoms with E-state index in [2.05, 4.69) is 25.9 Å². The van der Waals surface area contributed by atoms with Crippen LogP contribution in [0.15, 0.2) is 42.6 Å². The molecule has 0 bridgehead atoms. The number of fused-ring (bicyclic) bond motifs is 1. The fraction of sp³-hybridized carbons (Fsp3) is 0.217. The maximum absolute atomic E-state index is 14.3. The molecule has 0 fully saturated rings. The molecule has 1 aromatic carbocycles. The highest BCUT2D eigenvalue weighted by atomic mass is 19.1. The Bertz CT molecular complexity index is 1200. The summed E-state index contributed by atoms with van der Waals surface area (Å²) in [5.74, 6) is -1.78. The summed E-state index contributed by atoms with van der Waals surface area (Å²) in [6.07, 6.45) is 1.41. The number of rotatable bonds is 4. The molecule has 1 aliphatic heterocycles. The fourth-order valence-electron chi connectivity index (χ4n) is 3.35. The van der Waals surface area contributed by atoms with Crippen LogP contribution in [0.3, 0.4) is 0 Å². The summed E-state index contributed by atoms with van der Waals surface area (Å²) in [5, 5.41) is 8.52. The quantitative estimate of drug-likeness (QED) is 0.575. The molecule has 32 heavy (non-hydrogen) atoms. The number of hydrogen-bond donors (Lipinski definition) is 3. The average Bonchev–Trinajstić information content (AvgIpc) is 3.08. The second-order valence-corrected chi connectivity index (χ2v) is 8.42. The van der Waals surface area contributed by atoms with Gasteiger partial charge in [0.1, 0.15) is 17.5 Å². The maximum atomic E-state index is 14.3. The van der Waals surface area contributed by atoms with Crippen LogP contribution in [0.4, 0.5) is 20.3 Å². The Hall–Kier alpha value is -3.88. The van der Waals surface area contributed by atoms with Crippen molar-refractivity contribution in [2.45, 2.75) is 32.9 Å². The molecule has 0 saturated carbocycles. The lowest BCUT2D eigenvalue weighted by atomic mass is 10.1. The van der Waals surface area contributed by atoms with Crippen molar-refractivity contribution in [1.82, 2.24) is 20.6 Å². The summed E-state index contributed by atoms with van der Waals surface area (Å²) in [5.41, 5.74) is 0.719. The first-order valence-electron chi connectivity index (χ1n) is 9.94. The lowest BCUT2D eigenvalue weighted by Gasteiger charge is -2.20. The van der Waals surface area contributed by atoms with Crippen LogP contribution in [0.1, 0.15) is 47.2 Å². The van der Waals surface area contributed by atoms with E-state index in [4.69, 9.17) is 0 Å². The number of nitrogens with zero attached hydrogens (tertiary/aromatic N) is 2. The smallest absolute Gasteiger partial charge is 0.255 e. The molecule has 0 saturated heterocycles. The zero-order valence-electron chi connectivity index (χ0n) is 17.7. The number of anilines is 2. The molecular weight excluding hydrogens is 416 g/mol. The van der Waals surface area contributed by atoms with Crippen LogP contribution < -0.4 is 16.0 Å². The third kappa shape index (κ3) is 4.27. The number of hydrogen-bond acceptors (Lipinski definition) is 5. The summed E-state index contributed by atoms with van der Waals surface area (Å²) >= 11 is 0. The summed E-state index contributed by atoms with van der Waals surface area (Å²) in [6.45, 7) is 5.77. The van der Waals surface area contributed by atoms with Crippen molar-refractivity contribution in [3.63, 3.8) is 0 Å². The third-order valence-electron chi connectivity index (χ3n) is 4.73. The normalized spacial score (nSPS) is 12.8. The minimum absolute atomic E-state index is 0.0551. The number of carbonyl (C=O) groups excluding carboxylic acids is 2. The van der Waals surface area contributed by atoms with Crippen LogP contribution in [-0.4, -0.2) is 27.3 Å². The predicted octanol–water partition coefficient (Wildman–Crippen LogP) is 3.94. The number of benzene rings is 1. The molecular formula is C23H21F2N5O2. The van der Waals surface area contributed by atoms with Gasteiger partial charge in [-0.05, 0) is 51.1 Å². The second-order valence-electron chi connectivity index (χ2n) is 8.42. The lowest BCUT2D eigenvalue weighted by Crippen LogP contribution is -2.40. The Morgan fingerprint density at radius 3 is 2.44 bits per heavy atom. The Labute approximate surface area is 183 Å². The highest BCUT2D eigenvalue weighted by Crippen LogP contribution is 2.32. The van der Waals surface area contributed by atoms with Crippen LogP contribution in [0.2, 0.25) is 0 Å². The van der Waals surface area contributed by atoms with E-state index < -0.39 is 17.2 Å². The molecule has 3 heterocycles. The minimum Gasteiger partial charge on any atom is -0.347 e. The number of pyridine rings is 2. The number of nitrogens with one attached hydrogen (secondary N) is 3. The van der Waals surface area contributed by atoms with Gasteiger partial charge in [0, 0.05) is 11.7 Å². The zero-order valence-corrected chi connectivity index (χ0v) is 17.7. The van der Waals surface area contributed by atoms with Crippen molar-refractivity contribution in [3.8, 4) is 11.3 Å². The SMILES string of the molecule is CC(C)(C)NC(=O)c1ccc(Nc2cc(-c3c(F)cccc3F)nc3c2C(=O)NC3)nc1. The average molecular weight is 437 g/mol. The predicted molar refractivity (Wildman–Crippen MR) is 115 cm³/mol. The van der Waals surface area contributed by atoms with Crippen molar-refractivity contribution in [1.29, 1.82) is 0 Å². The summed E-state index contributed by atoms with van der Waals surface area (Å²) < 4.78 is 28.7. The van der Waals surface area contributed by atoms with Gasteiger partial charge in [-0.2, -0.15) is 0 Å². The van der Waals surface area contributed by atoms with Gasteiger partial charge in [-0.1, -0.05) is 6.07 Å². The molecule has 9 heteroatoms. The van der Waals surface area contributed by atoms with Crippen LogP contribution in [0.25, 0.3) is 11.3 Å². The molecule has 0 radical (unpaired) electrons. The van der Waals surface area contributed by atoms with Crippen LogP contribution >= 0.6 is 0 Å². The summed E-state index contributed by atoms with van der Waals surface area (Å²) in [7, 11) is 0. The molecule has 0 atom stereocenters. The highest BCUT2D eigenvalue weighted by molar-refractivity contribution is 6.04. The van der Waals surface area contributed by atoms with E-state index in [-0.39, 0.29) is 35.2 Å². The molecule has 0 aliphatic carbocycles. The number of amides is 2. The maximum Gasteiger partial charge on any atom is 0.255 e. The third-order valence-corrected chi connectivity index (χ3v) is 4.73. The largest absolute Gasteiger partial charge is 0.347 e. The van der Waals surface area contributed by atoms with E-state index in [1.165, 1.54) is 18.3 Å². The van der Waals surface area contributed by atoms with E-state index in [1.807, 2.05) is 20.8 Å². The van der Waals surface area contributed by atoms with Crippen molar-refractivity contribution < 1.29 is 18.4 Å². The Balaban J connectivity index is 1.69. The monoisotopic (exact) mass is 437 g/mol. The standard InChI is InChI=1S/C23H21F2N5O2/c1-23(2,3)30-21(31)12-7-8-18(26-10-12)29-16-9-15(19-13(24)5-4-6-14(19)25)28-17-11-27-22(32)20(16)17/h4-10H,11H2,1-3H3,(H,27,32)(H,30,31)(H,26,28,29). The molecule has 164 valence electrons. The molecule has 7 nitrogen and oxygen atoms in total. The van der Waals surface area contributed by atoms with Crippen LogP contribution in [-0.2, 0) is 6.54 Å². The molecule has 3 aromatic rings. The van der Waals surface area contributed by atoms with Gasteiger partial charge in [0.2, 0.25) is 0 Å². The fourth-order valence-corrected chi connectivity index (χ4v) is 3.35. The van der Waals surface area contributed by atoms with Crippen molar-refractivity contribution in [2.24, 2.45) is 0 Å². The molecule has 2 amide bonds. The first kappa shape index (κ1) is 21.4. The van der Waals surface area contributed by atoms with Crippen molar-refractivity contribution in [2.75, 3.05) is 5.32 Å². The van der Waals surface area contributed by atoms with Gasteiger partial charge in [-0.25, -0.2) is 18.7 Å². The summed E-state index contributed by atoms with van der Waals surface area (Å²) in [4.78, 5) is 33.1. The Morgan fingerprint density at radius 1 is 1.09 bits per heavy atom. The first-order valence-corrected chi connectivity index (χ1v) is 9.94. The van der Waals surface area contributed by atoms with Gasteiger partial charge in [0.25, 0.3) is 11.8 Å². The highest BCUT2D eigenvalue weighted by Gasteiger charge is 2.27. The molecule has 2 aromatic heterocycles. The first-order chi connectivity index (χ1) is 15.1. The van der Waals surface area contributed by atoms with Gasteiger partial charge in [-0.15, -0.1) is 0 Å². The molecule has 0 spiro atoms. The number of halogens is 2. The van der Waals surface area contributed by atoms with Gasteiger partial charge in [0.05, 0.1) is 40.3 Å². The van der Waals surface area contributed by atoms with Gasteiger partial charge >= 0.3 is 0 Å². The summed E-state index contributed by atoms with van der Waals surface area (Å²) in [6, 6.07) is 8.15. The number of aromatic nitrogens is 2. The Kier molecular flexibility index (Phi) is 5.33. The number of carbonyl (C=O) groups is 2. The van der Waals surface area contributed by atoms with Crippen LogP contribution in [0.5, 0.6) is 0 Å². The van der Waals surface area contributed by atoms with Crippen molar-refractivity contribution >= 4 is 23.3 Å². The Morgan fingerprint density at radius 2 is 1.81 bits per heavy atom. The van der Waals surface area contributed by atoms with E-state index in [0.717, 1.165) is 12.1 Å². The minimum atomic E-state index is -0.756. The van der Waals surface area contributed by atoms with Crippen molar-refractivity contribution in [3.05, 3.63) is 71.1 Å². The molecule has 1 aliphatic rings. The van der Waals surface area contributed by atoms with Gasteiger partial charge in [-0.3, -0.25) is 9.59 Å². The van der Waals surface area contributed by atoms with E-state index in [0.29, 0.717) is 22.8 Å². The van der Waals surface area contributed by atoms with Crippen LogP contribution in [0, 0.1) is 11.6 Å².